The molecule has 0 saturated carbocycles. The molecule has 2 rings (SSSR count). The molecule has 0 N–H and O–H groups in total. The number of nitro benzene ring substituents is 1. The summed E-state index contributed by atoms with van der Waals surface area (Å²) in [4.78, 5) is 24.0. The van der Waals surface area contributed by atoms with Crippen molar-refractivity contribution in [2.45, 2.75) is 19.4 Å². The number of amides is 1. The molecule has 0 aliphatic carbocycles. The van der Waals surface area contributed by atoms with Crippen molar-refractivity contribution in [1.82, 2.24) is 4.90 Å². The molecule has 1 fully saturated rings. The number of carbonyl (C=O) groups is 1. The van der Waals surface area contributed by atoms with Gasteiger partial charge in [-0.2, -0.15) is 0 Å². The second kappa shape index (κ2) is 5.80. The van der Waals surface area contributed by atoms with Crippen LogP contribution in [0.2, 0.25) is 0 Å². The van der Waals surface area contributed by atoms with Crippen LogP contribution in [0.1, 0.15) is 23.7 Å². The van der Waals surface area contributed by atoms with Crippen molar-refractivity contribution in [2.75, 3.05) is 18.1 Å². The van der Waals surface area contributed by atoms with Gasteiger partial charge < -0.3 is 4.90 Å². The van der Waals surface area contributed by atoms with Crippen LogP contribution in [0.15, 0.2) is 24.3 Å². The van der Waals surface area contributed by atoms with Crippen molar-refractivity contribution in [3.8, 4) is 0 Å². The fourth-order valence-electron chi connectivity index (χ4n) is 2.48. The van der Waals surface area contributed by atoms with Gasteiger partial charge in [-0.3, -0.25) is 14.9 Å². The molecule has 1 saturated heterocycles. The van der Waals surface area contributed by atoms with E-state index in [2.05, 4.69) is 0 Å². The van der Waals surface area contributed by atoms with Crippen molar-refractivity contribution >= 4 is 21.4 Å². The van der Waals surface area contributed by atoms with E-state index in [1.54, 1.807) is 6.92 Å². The van der Waals surface area contributed by atoms with Crippen molar-refractivity contribution in [1.29, 1.82) is 0 Å². The van der Waals surface area contributed by atoms with Crippen LogP contribution in [0.5, 0.6) is 0 Å². The molecule has 0 aromatic heterocycles. The predicted octanol–water partition coefficient (Wildman–Crippen LogP) is 1.24. The minimum atomic E-state index is -3.07. The maximum atomic E-state index is 12.4. The Kier molecular flexibility index (Phi) is 4.26. The summed E-state index contributed by atoms with van der Waals surface area (Å²) >= 11 is 0. The van der Waals surface area contributed by atoms with Gasteiger partial charge in [0.15, 0.2) is 9.84 Å². The van der Waals surface area contributed by atoms with Crippen molar-refractivity contribution in [3.05, 3.63) is 39.9 Å². The highest BCUT2D eigenvalue weighted by atomic mass is 32.2. The third-order valence-electron chi connectivity index (χ3n) is 3.58. The predicted molar refractivity (Wildman–Crippen MR) is 76.9 cm³/mol. The molecule has 114 valence electrons. The molecule has 1 aliphatic heterocycles. The Balaban J connectivity index is 2.18. The van der Waals surface area contributed by atoms with Crippen LogP contribution in [-0.2, 0) is 9.84 Å². The van der Waals surface area contributed by atoms with Crippen LogP contribution in [0.25, 0.3) is 0 Å². The Morgan fingerprint density at radius 1 is 1.38 bits per heavy atom. The lowest BCUT2D eigenvalue weighted by molar-refractivity contribution is -0.384. The van der Waals surface area contributed by atoms with E-state index < -0.39 is 14.8 Å². The Hall–Kier alpha value is -1.96. The molecule has 1 amide bonds. The van der Waals surface area contributed by atoms with Crippen LogP contribution in [-0.4, -0.2) is 48.2 Å². The van der Waals surface area contributed by atoms with Crippen LogP contribution in [0.3, 0.4) is 0 Å². The van der Waals surface area contributed by atoms with Crippen LogP contribution >= 0.6 is 0 Å². The zero-order valence-electron chi connectivity index (χ0n) is 11.6. The third-order valence-corrected chi connectivity index (χ3v) is 5.33. The number of hydrogen-bond acceptors (Lipinski definition) is 5. The van der Waals surface area contributed by atoms with E-state index in [-0.39, 0.29) is 29.1 Å². The van der Waals surface area contributed by atoms with E-state index in [1.165, 1.54) is 29.2 Å². The minimum absolute atomic E-state index is 0.0143. The lowest BCUT2D eigenvalue weighted by Crippen LogP contribution is -2.40. The summed E-state index contributed by atoms with van der Waals surface area (Å²) in [5.74, 6) is -0.212. The Morgan fingerprint density at radius 2 is 2.00 bits per heavy atom. The second-order valence-electron chi connectivity index (χ2n) is 4.95. The summed E-state index contributed by atoms with van der Waals surface area (Å²) in [6.07, 6.45) is 0.439. The van der Waals surface area contributed by atoms with Gasteiger partial charge in [0.25, 0.3) is 11.6 Å². The van der Waals surface area contributed by atoms with Crippen LogP contribution in [0.4, 0.5) is 5.69 Å². The lowest BCUT2D eigenvalue weighted by atomic mass is 10.1. The van der Waals surface area contributed by atoms with E-state index in [0.29, 0.717) is 18.5 Å². The van der Waals surface area contributed by atoms with Gasteiger partial charge in [-0.1, -0.05) is 0 Å². The van der Waals surface area contributed by atoms with Gasteiger partial charge in [-0.05, 0) is 25.5 Å². The molecular formula is C13H16N2O5S. The largest absolute Gasteiger partial charge is 0.335 e. The monoisotopic (exact) mass is 312 g/mol. The molecule has 1 aromatic rings. The first-order chi connectivity index (χ1) is 9.84. The maximum absolute atomic E-state index is 12.4. The molecule has 1 heterocycles. The van der Waals surface area contributed by atoms with E-state index in [1.807, 2.05) is 0 Å². The number of benzene rings is 1. The number of nitrogens with zero attached hydrogens (tertiary/aromatic N) is 2. The van der Waals surface area contributed by atoms with Gasteiger partial charge >= 0.3 is 0 Å². The van der Waals surface area contributed by atoms with Gasteiger partial charge in [0.2, 0.25) is 0 Å². The smallest absolute Gasteiger partial charge is 0.269 e. The lowest BCUT2D eigenvalue weighted by Gasteiger charge is -2.26. The number of rotatable bonds is 4. The zero-order valence-corrected chi connectivity index (χ0v) is 12.4. The molecule has 1 atom stereocenters. The summed E-state index contributed by atoms with van der Waals surface area (Å²) < 4.78 is 23.1. The maximum Gasteiger partial charge on any atom is 0.269 e. The third kappa shape index (κ3) is 3.38. The molecular weight excluding hydrogens is 296 g/mol. The molecule has 1 aromatic carbocycles. The normalized spacial score (nSPS) is 20.1. The van der Waals surface area contributed by atoms with E-state index in [0.717, 1.165) is 0 Å². The van der Waals surface area contributed by atoms with Crippen LogP contribution < -0.4 is 0 Å². The van der Waals surface area contributed by atoms with E-state index in [9.17, 15) is 23.3 Å². The summed E-state index contributed by atoms with van der Waals surface area (Å²) in [7, 11) is -3.07. The highest BCUT2D eigenvalue weighted by molar-refractivity contribution is 7.91. The molecule has 0 radical (unpaired) electrons. The van der Waals surface area contributed by atoms with Crippen molar-refractivity contribution in [3.63, 3.8) is 0 Å². The minimum Gasteiger partial charge on any atom is -0.335 e. The summed E-state index contributed by atoms with van der Waals surface area (Å²) in [5.41, 5.74) is 0.241. The molecule has 0 bridgehead atoms. The van der Waals surface area contributed by atoms with Gasteiger partial charge in [0.05, 0.1) is 16.4 Å². The van der Waals surface area contributed by atoms with Crippen molar-refractivity contribution < 1.29 is 18.1 Å². The number of sulfone groups is 1. The van der Waals surface area contributed by atoms with Crippen molar-refractivity contribution in [2.24, 2.45) is 0 Å². The second-order valence-corrected chi connectivity index (χ2v) is 7.18. The SMILES string of the molecule is CCN(C(=O)c1ccc([N+](=O)[O-])cc1)[C@H]1CCS(=O)(=O)C1. The topological polar surface area (TPSA) is 97.6 Å². The summed E-state index contributed by atoms with van der Waals surface area (Å²) in [6, 6.07) is 5.01. The van der Waals surface area contributed by atoms with Crippen LogP contribution in [0, 0.1) is 10.1 Å². The fraction of sp³-hybridized carbons (Fsp3) is 0.462. The first kappa shape index (κ1) is 15.4. The van der Waals surface area contributed by atoms with Gasteiger partial charge in [-0.25, -0.2) is 8.42 Å². The number of non-ortho nitro benzene ring substituents is 1. The fourth-order valence-corrected chi connectivity index (χ4v) is 4.21. The van der Waals surface area contributed by atoms with Gasteiger partial charge in [0, 0.05) is 30.3 Å². The molecule has 0 spiro atoms. The number of nitro groups is 1. The Labute approximate surface area is 122 Å². The Morgan fingerprint density at radius 3 is 2.43 bits per heavy atom. The first-order valence-corrected chi connectivity index (χ1v) is 8.42. The highest BCUT2D eigenvalue weighted by Gasteiger charge is 2.34. The van der Waals surface area contributed by atoms with E-state index >= 15 is 0 Å². The highest BCUT2D eigenvalue weighted by Crippen LogP contribution is 2.21. The standard InChI is InChI=1S/C13H16N2O5S/c1-2-14(12-7-8-21(19,20)9-12)13(16)10-3-5-11(6-4-10)15(17)18/h3-6,12H,2,7-9H2,1H3/t12-/m0/s1. The van der Waals surface area contributed by atoms with Gasteiger partial charge in [0.1, 0.15) is 0 Å². The van der Waals surface area contributed by atoms with E-state index in [4.69, 9.17) is 0 Å². The average Bonchev–Trinajstić information content (AvgIpc) is 2.79. The molecule has 21 heavy (non-hydrogen) atoms. The molecule has 7 nitrogen and oxygen atoms in total. The molecule has 8 heteroatoms. The van der Waals surface area contributed by atoms with Gasteiger partial charge in [-0.15, -0.1) is 0 Å². The molecule has 1 aliphatic rings. The first-order valence-electron chi connectivity index (χ1n) is 6.60. The molecule has 0 unspecified atom stereocenters. The average molecular weight is 312 g/mol. The summed E-state index contributed by atoms with van der Waals surface area (Å²) in [6.45, 7) is 2.18. The number of hydrogen-bond donors (Lipinski definition) is 0. The number of carbonyl (C=O) groups excluding carboxylic acids is 1. The Bertz CT molecular complexity index is 654. The zero-order chi connectivity index (χ0) is 15.6. The summed E-state index contributed by atoms with van der Waals surface area (Å²) in [5, 5.41) is 10.6. The quantitative estimate of drug-likeness (QED) is 0.615.